The maximum atomic E-state index is 13.1. The second-order valence-corrected chi connectivity index (χ2v) is 4.83. The Morgan fingerprint density at radius 2 is 2.25 bits per heavy atom. The van der Waals surface area contributed by atoms with Crippen molar-refractivity contribution in [3.05, 3.63) is 35.6 Å². The van der Waals surface area contributed by atoms with E-state index in [1.165, 1.54) is 6.07 Å². The van der Waals surface area contributed by atoms with Crippen molar-refractivity contribution in [3.8, 4) is 0 Å². The Balaban J connectivity index is 2.66. The topological polar surface area (TPSA) is 12.0 Å². The summed E-state index contributed by atoms with van der Waals surface area (Å²) in [4.78, 5) is 0. The highest BCUT2D eigenvalue weighted by atomic mass is 32.2. The molecule has 0 aromatic heterocycles. The summed E-state index contributed by atoms with van der Waals surface area (Å²) in [7, 11) is 0. The van der Waals surface area contributed by atoms with E-state index < -0.39 is 0 Å². The Bertz CT molecular complexity index is 296. The summed E-state index contributed by atoms with van der Waals surface area (Å²) >= 11 is 1.84. The van der Waals surface area contributed by atoms with Crippen LogP contribution in [0.25, 0.3) is 0 Å². The van der Waals surface area contributed by atoms with Crippen LogP contribution < -0.4 is 5.32 Å². The molecule has 1 rings (SSSR count). The quantitative estimate of drug-likeness (QED) is 0.786. The van der Waals surface area contributed by atoms with Crippen LogP contribution in [-0.4, -0.2) is 25.1 Å². The fourth-order valence-corrected chi connectivity index (χ4v) is 2.25. The molecule has 0 radical (unpaired) electrons. The van der Waals surface area contributed by atoms with Gasteiger partial charge in [0.05, 0.1) is 0 Å². The van der Waals surface area contributed by atoms with Gasteiger partial charge < -0.3 is 5.32 Å². The predicted molar refractivity (Wildman–Crippen MR) is 70.7 cm³/mol. The number of halogens is 1. The van der Waals surface area contributed by atoms with Gasteiger partial charge in [-0.3, -0.25) is 0 Å². The molecule has 1 nitrogen and oxygen atoms in total. The summed E-state index contributed by atoms with van der Waals surface area (Å²) in [6.07, 6.45) is 3.20. The first-order chi connectivity index (χ1) is 7.77. The maximum absolute atomic E-state index is 13.1. The Morgan fingerprint density at radius 3 is 2.88 bits per heavy atom. The summed E-state index contributed by atoms with van der Waals surface area (Å²) in [5.74, 6) is 1.40. The molecular formula is C13H20FNS. The summed E-state index contributed by atoms with van der Waals surface area (Å²) in [5.41, 5.74) is 1.11. The van der Waals surface area contributed by atoms with Gasteiger partial charge >= 0.3 is 0 Å². The molecule has 0 heterocycles. The Morgan fingerprint density at radius 1 is 1.44 bits per heavy atom. The lowest BCUT2D eigenvalue weighted by atomic mass is 9.96. The molecule has 1 N–H and O–H groups in total. The van der Waals surface area contributed by atoms with E-state index in [0.29, 0.717) is 5.92 Å². The Hall–Kier alpha value is -0.540. The molecule has 0 spiro atoms. The smallest absolute Gasteiger partial charge is 0.123 e. The third kappa shape index (κ3) is 4.54. The van der Waals surface area contributed by atoms with Gasteiger partial charge in [0.25, 0.3) is 0 Å². The lowest BCUT2D eigenvalue weighted by Gasteiger charge is -2.17. The van der Waals surface area contributed by atoms with Crippen LogP contribution >= 0.6 is 11.8 Å². The molecule has 0 aliphatic carbocycles. The van der Waals surface area contributed by atoms with Crippen molar-refractivity contribution in [2.75, 3.05) is 25.1 Å². The van der Waals surface area contributed by atoms with Crippen molar-refractivity contribution >= 4 is 11.8 Å². The van der Waals surface area contributed by atoms with E-state index >= 15 is 0 Å². The predicted octanol–water partition coefficient (Wildman–Crippen LogP) is 3.27. The van der Waals surface area contributed by atoms with Crippen LogP contribution in [0.4, 0.5) is 4.39 Å². The lowest BCUT2D eigenvalue weighted by molar-refractivity contribution is 0.576. The molecule has 0 fully saturated rings. The Labute approximate surface area is 102 Å². The number of hydrogen-bond donors (Lipinski definition) is 1. The molecular weight excluding hydrogens is 221 g/mol. The van der Waals surface area contributed by atoms with Crippen molar-refractivity contribution in [1.82, 2.24) is 5.32 Å². The number of benzene rings is 1. The van der Waals surface area contributed by atoms with Crippen LogP contribution in [0.1, 0.15) is 24.8 Å². The highest BCUT2D eigenvalue weighted by molar-refractivity contribution is 7.98. The van der Waals surface area contributed by atoms with Crippen LogP contribution in [-0.2, 0) is 0 Å². The third-order valence-electron chi connectivity index (χ3n) is 2.63. The Kier molecular flexibility index (Phi) is 6.50. The van der Waals surface area contributed by atoms with E-state index in [4.69, 9.17) is 0 Å². The minimum absolute atomic E-state index is 0.136. The van der Waals surface area contributed by atoms with Crippen molar-refractivity contribution in [1.29, 1.82) is 0 Å². The molecule has 0 aliphatic heterocycles. The van der Waals surface area contributed by atoms with Crippen molar-refractivity contribution in [2.45, 2.75) is 19.3 Å². The first kappa shape index (κ1) is 13.5. The standard InChI is InChI=1S/C13H20FNS/c1-3-15-10-12(7-8-16-2)11-5-4-6-13(14)9-11/h4-6,9,12,15H,3,7-8,10H2,1-2H3. The van der Waals surface area contributed by atoms with E-state index in [2.05, 4.69) is 18.5 Å². The van der Waals surface area contributed by atoms with Gasteiger partial charge in [0.2, 0.25) is 0 Å². The van der Waals surface area contributed by atoms with Gasteiger partial charge in [0.15, 0.2) is 0 Å². The highest BCUT2D eigenvalue weighted by Crippen LogP contribution is 2.21. The number of hydrogen-bond acceptors (Lipinski definition) is 2. The lowest BCUT2D eigenvalue weighted by Crippen LogP contribution is -2.21. The fraction of sp³-hybridized carbons (Fsp3) is 0.538. The number of likely N-dealkylation sites (N-methyl/N-ethyl adjacent to an activating group) is 1. The molecule has 0 aliphatic rings. The molecule has 0 saturated carbocycles. The van der Waals surface area contributed by atoms with E-state index in [1.807, 2.05) is 17.8 Å². The minimum atomic E-state index is -0.136. The number of thioether (sulfide) groups is 1. The average Bonchev–Trinajstić information content (AvgIpc) is 2.29. The molecule has 0 bridgehead atoms. The van der Waals surface area contributed by atoms with Gasteiger partial charge in [0.1, 0.15) is 5.82 Å². The molecule has 0 amide bonds. The van der Waals surface area contributed by atoms with E-state index in [-0.39, 0.29) is 5.82 Å². The van der Waals surface area contributed by atoms with Crippen LogP contribution in [0, 0.1) is 5.82 Å². The van der Waals surface area contributed by atoms with Gasteiger partial charge in [-0.15, -0.1) is 0 Å². The van der Waals surface area contributed by atoms with Gasteiger partial charge in [0, 0.05) is 6.54 Å². The summed E-state index contributed by atoms with van der Waals surface area (Å²) in [6, 6.07) is 6.97. The zero-order chi connectivity index (χ0) is 11.8. The van der Waals surface area contributed by atoms with Crippen LogP contribution in [0.2, 0.25) is 0 Å². The molecule has 3 heteroatoms. The number of rotatable bonds is 7. The normalized spacial score (nSPS) is 12.7. The largest absolute Gasteiger partial charge is 0.316 e. The second-order valence-electron chi connectivity index (χ2n) is 3.84. The first-order valence-electron chi connectivity index (χ1n) is 5.73. The van der Waals surface area contributed by atoms with Gasteiger partial charge in [-0.05, 0) is 48.6 Å². The van der Waals surface area contributed by atoms with Crippen LogP contribution in [0.15, 0.2) is 24.3 Å². The van der Waals surface area contributed by atoms with Gasteiger partial charge in [-0.25, -0.2) is 4.39 Å². The molecule has 1 aromatic carbocycles. The zero-order valence-electron chi connectivity index (χ0n) is 10.0. The highest BCUT2D eigenvalue weighted by Gasteiger charge is 2.11. The first-order valence-corrected chi connectivity index (χ1v) is 7.12. The minimum Gasteiger partial charge on any atom is -0.316 e. The molecule has 0 saturated heterocycles. The van der Waals surface area contributed by atoms with Crippen molar-refractivity contribution in [2.24, 2.45) is 0 Å². The molecule has 90 valence electrons. The monoisotopic (exact) mass is 241 g/mol. The van der Waals surface area contributed by atoms with Crippen LogP contribution in [0.5, 0.6) is 0 Å². The fourth-order valence-electron chi connectivity index (χ4n) is 1.73. The van der Waals surface area contributed by atoms with Crippen molar-refractivity contribution in [3.63, 3.8) is 0 Å². The molecule has 1 aromatic rings. The molecule has 1 atom stereocenters. The summed E-state index contributed by atoms with van der Waals surface area (Å²) in [5, 5.41) is 3.34. The van der Waals surface area contributed by atoms with Crippen molar-refractivity contribution < 1.29 is 4.39 Å². The average molecular weight is 241 g/mol. The van der Waals surface area contributed by atoms with Crippen LogP contribution in [0.3, 0.4) is 0 Å². The van der Waals surface area contributed by atoms with E-state index in [1.54, 1.807) is 12.1 Å². The number of nitrogens with one attached hydrogen (secondary N) is 1. The van der Waals surface area contributed by atoms with E-state index in [9.17, 15) is 4.39 Å². The maximum Gasteiger partial charge on any atom is 0.123 e. The molecule has 1 unspecified atom stereocenters. The molecule has 16 heavy (non-hydrogen) atoms. The SMILES string of the molecule is CCNCC(CCSC)c1cccc(F)c1. The zero-order valence-corrected chi connectivity index (χ0v) is 10.8. The third-order valence-corrected chi connectivity index (χ3v) is 3.28. The summed E-state index contributed by atoms with van der Waals surface area (Å²) < 4.78 is 13.1. The van der Waals surface area contributed by atoms with Gasteiger partial charge in [-0.1, -0.05) is 19.1 Å². The summed E-state index contributed by atoms with van der Waals surface area (Å²) in [6.45, 7) is 3.99. The van der Waals surface area contributed by atoms with E-state index in [0.717, 1.165) is 30.8 Å². The second kappa shape index (κ2) is 7.69. The van der Waals surface area contributed by atoms with Gasteiger partial charge in [-0.2, -0.15) is 11.8 Å².